The van der Waals surface area contributed by atoms with Crippen molar-refractivity contribution < 1.29 is 9.32 Å². The number of nitrogens with zero attached hydrogens (tertiary/aromatic N) is 2. The molecule has 0 fully saturated rings. The summed E-state index contributed by atoms with van der Waals surface area (Å²) < 4.78 is 4.95. The molecule has 0 spiro atoms. The van der Waals surface area contributed by atoms with Crippen LogP contribution in [0, 0.1) is 0 Å². The number of rotatable bonds is 4. The second kappa shape index (κ2) is 8.86. The van der Waals surface area contributed by atoms with Crippen LogP contribution in [0.5, 0.6) is 0 Å². The minimum atomic E-state index is -0.378. The second-order valence-corrected chi connectivity index (χ2v) is 6.86. The van der Waals surface area contributed by atoms with Crippen molar-refractivity contribution in [3.8, 4) is 0 Å². The quantitative estimate of drug-likeness (QED) is 0.755. The summed E-state index contributed by atoms with van der Waals surface area (Å²) in [5, 5.41) is 7.12. The average Bonchev–Trinajstić information content (AvgIpc) is 3.13. The predicted octanol–water partition coefficient (Wildman–Crippen LogP) is 3.08. The van der Waals surface area contributed by atoms with E-state index in [2.05, 4.69) is 15.5 Å². The topological polar surface area (TPSA) is 120 Å². The minimum Gasteiger partial charge on any atom is -0.379 e. The highest BCUT2D eigenvalue weighted by atomic mass is 32.2. The standard InChI is InChI=1S/C16H19N5O2S.C2H6/c1-16(5-6-24-15(18)20-16)10-3-2-4-11(7-10)19-14(22)13-8-12(9-17)23-21-13;1-2/h2-4,7-8H,5-6,9,17H2,1H3,(H2,18,20)(H,19,22);1-2H3. The summed E-state index contributed by atoms with van der Waals surface area (Å²) in [7, 11) is 0. The van der Waals surface area contributed by atoms with Gasteiger partial charge in [-0.2, -0.15) is 0 Å². The molecule has 8 heteroatoms. The molecule has 0 bridgehead atoms. The molecule has 1 amide bonds. The maximum Gasteiger partial charge on any atom is 0.277 e. The highest BCUT2D eigenvalue weighted by Crippen LogP contribution is 2.35. The smallest absolute Gasteiger partial charge is 0.277 e. The molecule has 0 saturated carbocycles. The van der Waals surface area contributed by atoms with Crippen molar-refractivity contribution >= 4 is 28.5 Å². The molecule has 0 aliphatic carbocycles. The number of aliphatic imine (C=N–C) groups is 1. The van der Waals surface area contributed by atoms with Crippen LogP contribution in [0.4, 0.5) is 5.69 Å². The van der Waals surface area contributed by atoms with Gasteiger partial charge in [0.05, 0.1) is 12.1 Å². The van der Waals surface area contributed by atoms with Crippen LogP contribution in [0.25, 0.3) is 0 Å². The molecule has 1 aliphatic heterocycles. The fourth-order valence-electron chi connectivity index (χ4n) is 2.54. The molecule has 1 aromatic heterocycles. The highest BCUT2D eigenvalue weighted by Gasteiger charge is 2.29. The summed E-state index contributed by atoms with van der Waals surface area (Å²) in [4.78, 5) is 16.8. The number of hydrogen-bond acceptors (Lipinski definition) is 7. The van der Waals surface area contributed by atoms with E-state index >= 15 is 0 Å². The molecule has 1 aromatic carbocycles. The van der Waals surface area contributed by atoms with Crippen LogP contribution >= 0.6 is 11.8 Å². The largest absolute Gasteiger partial charge is 0.379 e. The fourth-order valence-corrected chi connectivity index (χ4v) is 3.51. The number of amides is 1. The van der Waals surface area contributed by atoms with Gasteiger partial charge in [-0.05, 0) is 31.0 Å². The summed E-state index contributed by atoms with van der Waals surface area (Å²) in [5.41, 5.74) is 12.8. The Morgan fingerprint density at radius 3 is 2.81 bits per heavy atom. The lowest BCUT2D eigenvalue weighted by Crippen LogP contribution is -2.28. The average molecular weight is 375 g/mol. The lowest BCUT2D eigenvalue weighted by molar-refractivity contribution is 0.101. The first kappa shape index (κ1) is 20.0. The number of benzene rings is 1. The molecule has 5 N–H and O–H groups in total. The molecule has 2 heterocycles. The van der Waals surface area contributed by atoms with Crippen molar-refractivity contribution in [2.75, 3.05) is 11.1 Å². The van der Waals surface area contributed by atoms with E-state index in [0.29, 0.717) is 16.6 Å². The van der Waals surface area contributed by atoms with E-state index in [0.717, 1.165) is 17.7 Å². The van der Waals surface area contributed by atoms with Crippen LogP contribution in [0.1, 0.15) is 49.0 Å². The van der Waals surface area contributed by atoms with Gasteiger partial charge in [0.1, 0.15) is 0 Å². The molecule has 2 aromatic rings. The zero-order valence-corrected chi connectivity index (χ0v) is 16.1. The van der Waals surface area contributed by atoms with E-state index in [-0.39, 0.29) is 23.7 Å². The van der Waals surface area contributed by atoms with E-state index in [4.69, 9.17) is 16.0 Å². The van der Waals surface area contributed by atoms with Gasteiger partial charge in [0.25, 0.3) is 5.91 Å². The highest BCUT2D eigenvalue weighted by molar-refractivity contribution is 8.13. The van der Waals surface area contributed by atoms with Gasteiger partial charge in [-0.3, -0.25) is 9.79 Å². The predicted molar refractivity (Wildman–Crippen MR) is 106 cm³/mol. The van der Waals surface area contributed by atoms with E-state index in [1.807, 2.05) is 45.0 Å². The van der Waals surface area contributed by atoms with Gasteiger partial charge in [-0.15, -0.1) is 0 Å². The minimum absolute atomic E-state index is 0.198. The van der Waals surface area contributed by atoms with Crippen molar-refractivity contribution in [3.05, 3.63) is 47.3 Å². The lowest BCUT2D eigenvalue weighted by Gasteiger charge is -2.30. The van der Waals surface area contributed by atoms with Crippen LogP contribution in [0.2, 0.25) is 0 Å². The van der Waals surface area contributed by atoms with Crippen molar-refractivity contribution in [2.24, 2.45) is 16.5 Å². The Hall–Kier alpha value is -2.32. The SMILES string of the molecule is CC.CC1(c2cccc(NC(=O)c3cc(CN)on3)c2)CCSC(N)=N1. The summed E-state index contributed by atoms with van der Waals surface area (Å²) in [6, 6.07) is 9.14. The third-order valence-electron chi connectivity index (χ3n) is 3.93. The monoisotopic (exact) mass is 375 g/mol. The number of anilines is 1. The molecule has 26 heavy (non-hydrogen) atoms. The normalized spacial score (nSPS) is 19.2. The molecule has 140 valence electrons. The van der Waals surface area contributed by atoms with Crippen LogP contribution in [0.15, 0.2) is 39.8 Å². The van der Waals surface area contributed by atoms with Crippen molar-refractivity contribution in [1.82, 2.24) is 5.16 Å². The Balaban J connectivity index is 0.00000117. The van der Waals surface area contributed by atoms with Gasteiger partial charge in [0, 0.05) is 17.5 Å². The number of nitrogens with one attached hydrogen (secondary N) is 1. The van der Waals surface area contributed by atoms with Crippen molar-refractivity contribution in [3.63, 3.8) is 0 Å². The van der Waals surface area contributed by atoms with Crippen molar-refractivity contribution in [2.45, 2.75) is 39.3 Å². The molecule has 1 aliphatic rings. The fraction of sp³-hybridized carbons (Fsp3) is 0.389. The Morgan fingerprint density at radius 1 is 1.38 bits per heavy atom. The van der Waals surface area contributed by atoms with Crippen molar-refractivity contribution in [1.29, 1.82) is 0 Å². The second-order valence-electron chi connectivity index (χ2n) is 5.74. The lowest BCUT2D eigenvalue weighted by atomic mass is 9.89. The van der Waals surface area contributed by atoms with Crippen LogP contribution in [-0.4, -0.2) is 22.0 Å². The molecular weight excluding hydrogens is 350 g/mol. The molecular formula is C18H25N5O2S. The van der Waals surface area contributed by atoms with Gasteiger partial charge in [-0.25, -0.2) is 0 Å². The van der Waals surface area contributed by atoms with E-state index in [1.165, 1.54) is 6.07 Å². The number of amidine groups is 1. The Kier molecular flexibility index (Phi) is 6.82. The summed E-state index contributed by atoms with van der Waals surface area (Å²) >= 11 is 1.56. The maximum atomic E-state index is 12.2. The number of hydrogen-bond donors (Lipinski definition) is 3. The first-order valence-electron chi connectivity index (χ1n) is 8.56. The molecule has 0 radical (unpaired) electrons. The third kappa shape index (κ3) is 4.64. The van der Waals surface area contributed by atoms with E-state index in [9.17, 15) is 4.79 Å². The Labute approximate surface area is 157 Å². The summed E-state index contributed by atoms with van der Waals surface area (Å²) in [6.45, 7) is 6.25. The Bertz CT molecular complexity index is 789. The first-order chi connectivity index (χ1) is 12.5. The zero-order valence-electron chi connectivity index (χ0n) is 15.3. The number of nitrogens with two attached hydrogens (primary N) is 2. The number of carbonyl (C=O) groups is 1. The Morgan fingerprint density at radius 2 is 2.15 bits per heavy atom. The third-order valence-corrected chi connectivity index (χ3v) is 4.73. The molecule has 0 saturated heterocycles. The first-order valence-corrected chi connectivity index (χ1v) is 9.54. The summed E-state index contributed by atoms with van der Waals surface area (Å²) in [5.74, 6) is 1.04. The number of carbonyl (C=O) groups excluding carboxylic acids is 1. The molecule has 3 rings (SSSR count). The van der Waals surface area contributed by atoms with E-state index < -0.39 is 0 Å². The molecule has 1 atom stereocenters. The van der Waals surface area contributed by atoms with Crippen LogP contribution in [0.3, 0.4) is 0 Å². The number of thioether (sulfide) groups is 1. The van der Waals surface area contributed by atoms with E-state index in [1.54, 1.807) is 11.8 Å². The van der Waals surface area contributed by atoms with Gasteiger partial charge in [0.2, 0.25) is 0 Å². The summed E-state index contributed by atoms with van der Waals surface area (Å²) in [6.07, 6.45) is 0.888. The molecule has 1 unspecified atom stereocenters. The van der Waals surface area contributed by atoms with Gasteiger partial charge >= 0.3 is 0 Å². The van der Waals surface area contributed by atoms with Gasteiger partial charge in [0.15, 0.2) is 16.6 Å². The zero-order chi connectivity index (χ0) is 19.2. The molecule has 7 nitrogen and oxygen atoms in total. The van der Waals surface area contributed by atoms with Crippen LogP contribution in [-0.2, 0) is 12.1 Å². The maximum absolute atomic E-state index is 12.2. The number of aromatic nitrogens is 1. The van der Waals surface area contributed by atoms with Crippen LogP contribution < -0.4 is 16.8 Å². The van der Waals surface area contributed by atoms with Gasteiger partial charge < -0.3 is 21.3 Å². The van der Waals surface area contributed by atoms with Gasteiger partial charge in [-0.1, -0.05) is 42.9 Å².